The van der Waals surface area contributed by atoms with E-state index >= 15 is 0 Å². The molecule has 110 valence electrons. The molecule has 20 heavy (non-hydrogen) atoms. The maximum Gasteiger partial charge on any atom is 0.340 e. The van der Waals surface area contributed by atoms with E-state index < -0.39 is 11.9 Å². The minimum atomic E-state index is -0.502. The molecule has 6 heteroatoms. The molecular formula is C14H19NO4S. The van der Waals surface area contributed by atoms with E-state index in [9.17, 15) is 9.59 Å². The van der Waals surface area contributed by atoms with Crippen LogP contribution in [0.1, 0.15) is 58.2 Å². The van der Waals surface area contributed by atoms with Crippen molar-refractivity contribution >= 4 is 23.7 Å². The third-order valence-electron chi connectivity index (χ3n) is 3.63. The summed E-state index contributed by atoms with van der Waals surface area (Å²) in [5.74, 6) is -0.997. The summed E-state index contributed by atoms with van der Waals surface area (Å²) in [6, 6.07) is 0. The summed E-state index contributed by atoms with van der Waals surface area (Å²) in [5.41, 5.74) is 2.23. The number of carbonyl (C=O) groups excluding carboxylic acids is 2. The first-order chi connectivity index (χ1) is 9.26. The van der Waals surface area contributed by atoms with Crippen LogP contribution in [-0.2, 0) is 14.2 Å². The van der Waals surface area contributed by atoms with Gasteiger partial charge in [-0.3, -0.25) is 0 Å². The standard InChI is InChI=1S/C14H19NO4S/c1-7-9(12(16)18-5)10(13(17)19-6)11-14(3,4)20-8(2)15(7)11/h8H,1-6H3/t8-/m0/s1. The van der Waals surface area contributed by atoms with Gasteiger partial charge in [0.05, 0.1) is 41.2 Å². The number of aromatic nitrogens is 1. The summed E-state index contributed by atoms with van der Waals surface area (Å²) < 4.78 is 11.5. The van der Waals surface area contributed by atoms with Crippen LogP contribution in [0.25, 0.3) is 0 Å². The van der Waals surface area contributed by atoms with E-state index in [1.807, 2.05) is 25.3 Å². The van der Waals surface area contributed by atoms with E-state index in [0.717, 1.165) is 11.4 Å². The van der Waals surface area contributed by atoms with E-state index in [1.165, 1.54) is 14.2 Å². The topological polar surface area (TPSA) is 57.5 Å². The molecule has 0 N–H and O–H groups in total. The zero-order valence-electron chi connectivity index (χ0n) is 12.6. The number of methoxy groups -OCH3 is 2. The number of rotatable bonds is 2. The van der Waals surface area contributed by atoms with Crippen molar-refractivity contribution in [3.8, 4) is 0 Å². The molecule has 5 nitrogen and oxygen atoms in total. The quantitative estimate of drug-likeness (QED) is 0.786. The van der Waals surface area contributed by atoms with Crippen LogP contribution >= 0.6 is 11.8 Å². The van der Waals surface area contributed by atoms with Crippen molar-refractivity contribution in [2.75, 3.05) is 14.2 Å². The Bertz CT molecular complexity index is 588. The molecule has 2 heterocycles. The van der Waals surface area contributed by atoms with Crippen molar-refractivity contribution in [3.05, 3.63) is 22.5 Å². The highest BCUT2D eigenvalue weighted by atomic mass is 32.2. The molecule has 0 bridgehead atoms. The second-order valence-corrected chi connectivity index (χ2v) is 7.20. The monoisotopic (exact) mass is 297 g/mol. The van der Waals surface area contributed by atoms with Crippen LogP contribution in [0.4, 0.5) is 0 Å². The number of hydrogen-bond donors (Lipinski definition) is 0. The molecule has 0 saturated carbocycles. The van der Waals surface area contributed by atoms with Crippen LogP contribution in [0.5, 0.6) is 0 Å². The van der Waals surface area contributed by atoms with Crippen molar-refractivity contribution in [1.29, 1.82) is 0 Å². The van der Waals surface area contributed by atoms with Gasteiger partial charge in [-0.15, -0.1) is 11.8 Å². The predicted molar refractivity (Wildman–Crippen MR) is 77.2 cm³/mol. The lowest BCUT2D eigenvalue weighted by atomic mass is 10.0. The highest BCUT2D eigenvalue weighted by molar-refractivity contribution is 8.00. The molecule has 0 aliphatic carbocycles. The molecule has 0 radical (unpaired) electrons. The highest BCUT2D eigenvalue weighted by Gasteiger charge is 2.44. The molecule has 1 aliphatic heterocycles. The number of hydrogen-bond acceptors (Lipinski definition) is 5. The fourth-order valence-electron chi connectivity index (χ4n) is 2.94. The zero-order valence-corrected chi connectivity index (χ0v) is 13.4. The third kappa shape index (κ3) is 1.93. The molecule has 0 spiro atoms. The summed E-state index contributed by atoms with van der Waals surface area (Å²) >= 11 is 1.75. The van der Waals surface area contributed by atoms with E-state index in [0.29, 0.717) is 11.1 Å². The molecular weight excluding hydrogens is 278 g/mol. The molecule has 1 aliphatic rings. The Morgan fingerprint density at radius 1 is 1.15 bits per heavy atom. The van der Waals surface area contributed by atoms with E-state index in [1.54, 1.807) is 11.8 Å². The lowest BCUT2D eigenvalue weighted by Crippen LogP contribution is -2.17. The van der Waals surface area contributed by atoms with Gasteiger partial charge in [0.15, 0.2) is 0 Å². The Balaban J connectivity index is 2.82. The fourth-order valence-corrected chi connectivity index (χ4v) is 4.47. The number of fused-ring (bicyclic) bond motifs is 1. The van der Waals surface area contributed by atoms with Gasteiger partial charge in [-0.2, -0.15) is 0 Å². The predicted octanol–water partition coefficient (Wildman–Crippen LogP) is 2.87. The third-order valence-corrected chi connectivity index (χ3v) is 4.96. The summed E-state index contributed by atoms with van der Waals surface area (Å²) in [4.78, 5) is 24.2. The first-order valence-corrected chi connectivity index (χ1v) is 7.24. The van der Waals surface area contributed by atoms with Crippen LogP contribution < -0.4 is 0 Å². The van der Waals surface area contributed by atoms with Gasteiger partial charge in [0, 0.05) is 5.69 Å². The first-order valence-electron chi connectivity index (χ1n) is 6.36. The Morgan fingerprint density at radius 3 is 2.15 bits per heavy atom. The van der Waals surface area contributed by atoms with Crippen LogP contribution in [0, 0.1) is 6.92 Å². The van der Waals surface area contributed by atoms with Gasteiger partial charge in [-0.1, -0.05) is 0 Å². The van der Waals surface area contributed by atoms with E-state index in [-0.39, 0.29) is 10.1 Å². The molecule has 1 atom stereocenters. The van der Waals surface area contributed by atoms with Crippen LogP contribution in [0.2, 0.25) is 0 Å². The lowest BCUT2D eigenvalue weighted by Gasteiger charge is -2.18. The minimum Gasteiger partial charge on any atom is -0.465 e. The maximum absolute atomic E-state index is 12.2. The van der Waals surface area contributed by atoms with Gasteiger partial charge in [-0.25, -0.2) is 9.59 Å². The fraction of sp³-hybridized carbons (Fsp3) is 0.571. The van der Waals surface area contributed by atoms with Crippen LogP contribution in [0.15, 0.2) is 0 Å². The van der Waals surface area contributed by atoms with Gasteiger partial charge in [0.25, 0.3) is 0 Å². The average molecular weight is 297 g/mol. The smallest absolute Gasteiger partial charge is 0.340 e. The van der Waals surface area contributed by atoms with Crippen molar-refractivity contribution in [3.63, 3.8) is 0 Å². The second-order valence-electron chi connectivity index (χ2n) is 5.26. The molecule has 0 saturated heterocycles. The summed E-state index contributed by atoms with van der Waals surface area (Å²) in [5, 5.41) is 0.154. The summed E-state index contributed by atoms with van der Waals surface area (Å²) in [6.07, 6.45) is 0. The van der Waals surface area contributed by atoms with Gasteiger partial charge in [0.1, 0.15) is 0 Å². The van der Waals surface area contributed by atoms with Crippen LogP contribution in [0.3, 0.4) is 0 Å². The van der Waals surface area contributed by atoms with Gasteiger partial charge < -0.3 is 14.0 Å². The van der Waals surface area contributed by atoms with Crippen molar-refractivity contribution in [1.82, 2.24) is 4.57 Å². The van der Waals surface area contributed by atoms with Gasteiger partial charge in [0.2, 0.25) is 0 Å². The molecule has 1 aromatic rings. The number of nitrogens with zero attached hydrogens (tertiary/aromatic N) is 1. The van der Waals surface area contributed by atoms with Crippen molar-refractivity contribution in [2.24, 2.45) is 0 Å². The minimum absolute atomic E-state index is 0.154. The van der Waals surface area contributed by atoms with Crippen LogP contribution in [-0.4, -0.2) is 30.7 Å². The molecule has 0 unspecified atom stereocenters. The summed E-state index contributed by atoms with van der Waals surface area (Å²) in [6.45, 7) is 7.97. The van der Waals surface area contributed by atoms with E-state index in [4.69, 9.17) is 9.47 Å². The van der Waals surface area contributed by atoms with Crippen molar-refractivity contribution in [2.45, 2.75) is 37.8 Å². The van der Waals surface area contributed by atoms with Gasteiger partial charge >= 0.3 is 11.9 Å². The van der Waals surface area contributed by atoms with Gasteiger partial charge in [-0.05, 0) is 27.7 Å². The Kier molecular flexibility index (Phi) is 3.62. The number of esters is 2. The largest absolute Gasteiger partial charge is 0.465 e. The normalized spacial score (nSPS) is 19.6. The first kappa shape index (κ1) is 15.0. The van der Waals surface area contributed by atoms with E-state index in [2.05, 4.69) is 6.92 Å². The highest BCUT2D eigenvalue weighted by Crippen LogP contribution is 2.53. The number of ether oxygens (including phenoxy) is 2. The lowest BCUT2D eigenvalue weighted by molar-refractivity contribution is 0.0554. The molecule has 0 aromatic carbocycles. The zero-order chi connectivity index (χ0) is 15.2. The average Bonchev–Trinajstić information content (AvgIpc) is 2.82. The number of carbonyl (C=O) groups is 2. The Hall–Kier alpha value is -1.43. The summed E-state index contributed by atoms with van der Waals surface area (Å²) in [7, 11) is 2.64. The second kappa shape index (κ2) is 4.84. The molecule has 0 amide bonds. The molecule has 1 aromatic heterocycles. The Labute approximate surface area is 122 Å². The molecule has 2 rings (SSSR count). The maximum atomic E-state index is 12.2. The SMILES string of the molecule is COC(=O)c1c(C(=O)OC)c2n(c1C)[C@H](C)SC2(C)C. The molecule has 0 fully saturated rings. The van der Waals surface area contributed by atoms with Crippen molar-refractivity contribution < 1.29 is 19.1 Å². The Morgan fingerprint density at radius 2 is 1.65 bits per heavy atom. The number of thioether (sulfide) groups is 1.